The fraction of sp³-hybridized carbons (Fsp3) is 0.450. The number of thiophene rings is 1. The average Bonchev–Trinajstić information content (AvgIpc) is 3.41. The highest BCUT2D eigenvalue weighted by molar-refractivity contribution is 7.89. The zero-order valence-electron chi connectivity index (χ0n) is 16.1. The second-order valence-electron chi connectivity index (χ2n) is 7.23. The highest BCUT2D eigenvalue weighted by atomic mass is 32.2. The van der Waals surface area contributed by atoms with E-state index in [0.717, 1.165) is 19.4 Å². The van der Waals surface area contributed by atoms with Crippen molar-refractivity contribution in [3.8, 4) is 0 Å². The maximum Gasteiger partial charge on any atom is 0.243 e. The second-order valence-corrected chi connectivity index (χ2v) is 10.2. The zero-order chi connectivity index (χ0) is 20.3. The number of likely N-dealkylation sites (tertiary alicyclic amines) is 1. The Kier molecular flexibility index (Phi) is 6.31. The van der Waals surface area contributed by atoms with E-state index in [0.29, 0.717) is 44.6 Å². The van der Waals surface area contributed by atoms with E-state index in [2.05, 4.69) is 21.7 Å². The molecule has 156 valence electrons. The summed E-state index contributed by atoms with van der Waals surface area (Å²) in [6.07, 6.45) is 2.16. The zero-order valence-corrected chi connectivity index (χ0v) is 17.8. The molecule has 1 aromatic heterocycles. The molecule has 2 aliphatic rings. The number of hydrogen-bond acceptors (Lipinski definition) is 6. The number of nitrogens with zero attached hydrogens (tertiary/aromatic N) is 2. The number of ether oxygens (including phenoxy) is 1. The highest BCUT2D eigenvalue weighted by Crippen LogP contribution is 2.34. The van der Waals surface area contributed by atoms with Crippen molar-refractivity contribution in [3.05, 3.63) is 46.7 Å². The van der Waals surface area contributed by atoms with Crippen molar-refractivity contribution >= 4 is 33.0 Å². The van der Waals surface area contributed by atoms with Gasteiger partial charge in [0.2, 0.25) is 15.9 Å². The smallest absolute Gasteiger partial charge is 0.243 e. The van der Waals surface area contributed by atoms with Crippen molar-refractivity contribution in [1.29, 1.82) is 0 Å². The fourth-order valence-electron chi connectivity index (χ4n) is 3.85. The number of nitrogens with one attached hydrogen (secondary N) is 1. The van der Waals surface area contributed by atoms with Gasteiger partial charge in [-0.25, -0.2) is 8.42 Å². The van der Waals surface area contributed by atoms with Crippen LogP contribution >= 0.6 is 11.3 Å². The molecule has 0 saturated carbocycles. The van der Waals surface area contributed by atoms with Crippen LogP contribution in [0.4, 0.5) is 5.69 Å². The number of benzene rings is 1. The van der Waals surface area contributed by atoms with Crippen LogP contribution in [-0.4, -0.2) is 62.9 Å². The SMILES string of the molecule is O=C(CN1CCCC1c1cccs1)Nc1ccc(S(=O)(=O)N2CCOCC2)cc1. The van der Waals surface area contributed by atoms with E-state index in [9.17, 15) is 13.2 Å². The Morgan fingerprint density at radius 1 is 1.14 bits per heavy atom. The maximum atomic E-state index is 12.7. The maximum absolute atomic E-state index is 12.7. The molecule has 0 aliphatic carbocycles. The normalized spacial score (nSPS) is 21.3. The van der Waals surface area contributed by atoms with Gasteiger partial charge in [0.25, 0.3) is 0 Å². The minimum absolute atomic E-state index is 0.0859. The molecule has 3 heterocycles. The third-order valence-electron chi connectivity index (χ3n) is 5.33. The van der Waals surface area contributed by atoms with Gasteiger partial charge in [-0.2, -0.15) is 4.31 Å². The summed E-state index contributed by atoms with van der Waals surface area (Å²) in [5.74, 6) is -0.0859. The first-order chi connectivity index (χ1) is 14.0. The second kappa shape index (κ2) is 8.93. The molecule has 2 fully saturated rings. The minimum Gasteiger partial charge on any atom is -0.379 e. The van der Waals surface area contributed by atoms with Gasteiger partial charge in [0.05, 0.1) is 24.7 Å². The van der Waals surface area contributed by atoms with Crippen molar-refractivity contribution in [3.63, 3.8) is 0 Å². The van der Waals surface area contributed by atoms with Crippen LogP contribution in [0.15, 0.2) is 46.7 Å². The third-order valence-corrected chi connectivity index (χ3v) is 8.21. The van der Waals surface area contributed by atoms with Gasteiger partial charge in [0.1, 0.15) is 0 Å². The first-order valence-electron chi connectivity index (χ1n) is 9.79. The molecule has 1 unspecified atom stereocenters. The largest absolute Gasteiger partial charge is 0.379 e. The lowest BCUT2D eigenvalue weighted by Gasteiger charge is -2.26. The van der Waals surface area contributed by atoms with Crippen LogP contribution in [0.5, 0.6) is 0 Å². The van der Waals surface area contributed by atoms with Gasteiger partial charge >= 0.3 is 0 Å². The summed E-state index contributed by atoms with van der Waals surface area (Å²) in [4.78, 5) is 16.3. The first kappa shape index (κ1) is 20.5. The Morgan fingerprint density at radius 3 is 2.59 bits per heavy atom. The molecular weight excluding hydrogens is 410 g/mol. The van der Waals surface area contributed by atoms with Crippen molar-refractivity contribution < 1.29 is 17.9 Å². The van der Waals surface area contributed by atoms with Gasteiger partial charge < -0.3 is 10.1 Å². The van der Waals surface area contributed by atoms with E-state index < -0.39 is 10.0 Å². The topological polar surface area (TPSA) is 79.0 Å². The Labute approximate surface area is 175 Å². The van der Waals surface area contributed by atoms with E-state index >= 15 is 0 Å². The van der Waals surface area contributed by atoms with Crippen LogP contribution in [0.3, 0.4) is 0 Å². The standard InChI is InChI=1S/C20H25N3O4S2/c24-20(15-22-9-1-3-18(22)19-4-2-14-28-19)21-16-5-7-17(8-6-16)29(25,26)23-10-12-27-13-11-23/h2,4-8,14,18H,1,3,9-13,15H2,(H,21,24). The van der Waals surface area contributed by atoms with Gasteiger partial charge in [-0.1, -0.05) is 6.07 Å². The molecule has 0 spiro atoms. The predicted molar refractivity (Wildman–Crippen MR) is 113 cm³/mol. The van der Waals surface area contributed by atoms with Crippen molar-refractivity contribution in [2.45, 2.75) is 23.8 Å². The number of carbonyl (C=O) groups is 1. The van der Waals surface area contributed by atoms with Crippen LogP contribution in [0.2, 0.25) is 0 Å². The number of sulfonamides is 1. The van der Waals surface area contributed by atoms with Crippen LogP contribution in [-0.2, 0) is 19.6 Å². The summed E-state index contributed by atoms with van der Waals surface area (Å²) in [7, 11) is -3.52. The van der Waals surface area contributed by atoms with E-state index in [1.165, 1.54) is 9.18 Å². The van der Waals surface area contributed by atoms with Gasteiger partial charge in [-0.3, -0.25) is 9.69 Å². The number of anilines is 1. The molecule has 1 aromatic carbocycles. The number of rotatable bonds is 6. The molecule has 29 heavy (non-hydrogen) atoms. The lowest BCUT2D eigenvalue weighted by atomic mass is 10.2. The average molecular weight is 436 g/mol. The van der Waals surface area contributed by atoms with E-state index in [1.54, 1.807) is 35.6 Å². The summed E-state index contributed by atoms with van der Waals surface area (Å²) in [5.41, 5.74) is 0.600. The first-order valence-corrected chi connectivity index (χ1v) is 12.1. The number of morpholine rings is 1. The molecule has 1 N–H and O–H groups in total. The molecule has 1 atom stereocenters. The van der Waals surface area contributed by atoms with Gasteiger partial charge in [-0.15, -0.1) is 11.3 Å². The molecule has 1 amide bonds. The van der Waals surface area contributed by atoms with Crippen LogP contribution < -0.4 is 5.32 Å². The van der Waals surface area contributed by atoms with Crippen LogP contribution in [0.1, 0.15) is 23.8 Å². The van der Waals surface area contributed by atoms with Gasteiger partial charge in [-0.05, 0) is 55.1 Å². The lowest BCUT2D eigenvalue weighted by Crippen LogP contribution is -2.40. The Balaban J connectivity index is 1.36. The number of amides is 1. The molecule has 9 heteroatoms. The van der Waals surface area contributed by atoms with Gasteiger partial charge in [0.15, 0.2) is 0 Å². The number of carbonyl (C=O) groups excluding carboxylic acids is 1. The summed E-state index contributed by atoms with van der Waals surface area (Å²) in [5, 5.41) is 4.96. The van der Waals surface area contributed by atoms with Crippen molar-refractivity contribution in [2.24, 2.45) is 0 Å². The van der Waals surface area contributed by atoms with E-state index in [-0.39, 0.29) is 10.8 Å². The van der Waals surface area contributed by atoms with E-state index in [4.69, 9.17) is 4.74 Å². The Bertz CT molecular complexity index is 923. The fourth-order valence-corrected chi connectivity index (χ4v) is 6.15. The van der Waals surface area contributed by atoms with Crippen LogP contribution in [0, 0.1) is 0 Å². The van der Waals surface area contributed by atoms with E-state index in [1.807, 2.05) is 6.07 Å². The Morgan fingerprint density at radius 2 is 1.90 bits per heavy atom. The molecule has 2 aliphatic heterocycles. The molecule has 2 aromatic rings. The summed E-state index contributed by atoms with van der Waals surface area (Å²) in [6.45, 7) is 2.79. The molecule has 0 radical (unpaired) electrons. The molecule has 7 nitrogen and oxygen atoms in total. The summed E-state index contributed by atoms with van der Waals surface area (Å²) in [6, 6.07) is 10.9. The van der Waals surface area contributed by atoms with Crippen LogP contribution in [0.25, 0.3) is 0 Å². The minimum atomic E-state index is -3.52. The Hall–Kier alpha value is -1.78. The summed E-state index contributed by atoms with van der Waals surface area (Å²) < 4.78 is 32.0. The predicted octanol–water partition coefficient (Wildman–Crippen LogP) is 2.54. The quantitative estimate of drug-likeness (QED) is 0.754. The molecular formula is C20H25N3O4S2. The van der Waals surface area contributed by atoms with Crippen molar-refractivity contribution in [1.82, 2.24) is 9.21 Å². The van der Waals surface area contributed by atoms with Gasteiger partial charge in [0, 0.05) is 29.7 Å². The molecule has 4 rings (SSSR count). The third kappa shape index (κ3) is 4.70. The molecule has 2 saturated heterocycles. The summed E-state index contributed by atoms with van der Waals surface area (Å²) >= 11 is 1.73. The monoisotopic (exact) mass is 435 g/mol. The number of hydrogen-bond donors (Lipinski definition) is 1. The molecule has 0 bridgehead atoms. The van der Waals surface area contributed by atoms with Crippen molar-refractivity contribution in [2.75, 3.05) is 44.7 Å². The lowest BCUT2D eigenvalue weighted by molar-refractivity contribution is -0.117. The highest BCUT2D eigenvalue weighted by Gasteiger charge is 2.28.